The zero-order valence-electron chi connectivity index (χ0n) is 21.3. The molecule has 2 unspecified atom stereocenters. The molecule has 10 nitrogen and oxygen atoms in total. The maximum absolute atomic E-state index is 14.1. The highest BCUT2D eigenvalue weighted by Crippen LogP contribution is 2.38. The Morgan fingerprint density at radius 1 is 1.13 bits per heavy atom. The third kappa shape index (κ3) is 5.68. The summed E-state index contributed by atoms with van der Waals surface area (Å²) in [5, 5.41) is 6.87. The summed E-state index contributed by atoms with van der Waals surface area (Å²) in [6.07, 6.45) is 0.465. The summed E-state index contributed by atoms with van der Waals surface area (Å²) in [4.78, 5) is 39.3. The molecule has 2 fully saturated rings. The maximum Gasteiger partial charge on any atom is 0.417 e. The largest absolute Gasteiger partial charge is 0.417 e. The molecular weight excluding hydrogens is 505 g/mol. The number of hydrogen-bond acceptors (Lipinski definition) is 8. The first-order valence-electron chi connectivity index (χ1n) is 12.0. The first kappa shape index (κ1) is 27.2. The fourth-order valence-electron chi connectivity index (χ4n) is 4.49. The minimum absolute atomic E-state index is 0.0846. The van der Waals surface area contributed by atoms with E-state index in [-0.39, 0.29) is 35.6 Å². The van der Waals surface area contributed by atoms with Crippen LogP contribution in [0.15, 0.2) is 24.5 Å². The molecule has 0 aromatic carbocycles. The minimum atomic E-state index is -4.71. The Kier molecular flexibility index (Phi) is 7.26. The summed E-state index contributed by atoms with van der Waals surface area (Å²) < 4.78 is 49.9. The first-order chi connectivity index (χ1) is 17.8. The van der Waals surface area contributed by atoms with Gasteiger partial charge in [0, 0.05) is 30.9 Å². The molecule has 3 aromatic rings. The summed E-state index contributed by atoms with van der Waals surface area (Å²) in [7, 11) is 0. The van der Waals surface area contributed by atoms with E-state index in [4.69, 9.17) is 14.3 Å². The number of nitrogens with zero attached hydrogens (tertiary/aromatic N) is 5. The van der Waals surface area contributed by atoms with Crippen LogP contribution in [0, 0.1) is 12.3 Å². The molecule has 0 saturated carbocycles. The number of hydrogen-bond donors (Lipinski definition) is 1. The van der Waals surface area contributed by atoms with Crippen LogP contribution in [-0.4, -0.2) is 56.9 Å². The van der Waals surface area contributed by atoms with Crippen LogP contribution in [0.1, 0.15) is 44.7 Å². The lowest BCUT2D eigenvalue weighted by Gasteiger charge is -2.33. The molecule has 38 heavy (non-hydrogen) atoms. The van der Waals surface area contributed by atoms with Gasteiger partial charge in [0.15, 0.2) is 11.6 Å². The molecule has 1 amide bonds. The van der Waals surface area contributed by atoms with Gasteiger partial charge in [-0.2, -0.15) is 22.8 Å². The van der Waals surface area contributed by atoms with Gasteiger partial charge >= 0.3 is 12.3 Å². The quantitative estimate of drug-likeness (QED) is 0.540. The molecule has 0 spiro atoms. The molecule has 202 valence electrons. The molecule has 0 aliphatic carbocycles. The van der Waals surface area contributed by atoms with E-state index in [1.165, 1.54) is 0 Å². The van der Waals surface area contributed by atoms with Gasteiger partial charge in [-0.15, -0.1) is 5.10 Å². The highest BCUT2D eigenvalue weighted by molar-refractivity contribution is 5.94. The number of halogens is 3. The Balaban J connectivity index is 0.00000107. The molecule has 13 heteroatoms. The Morgan fingerprint density at radius 2 is 1.76 bits per heavy atom. The van der Waals surface area contributed by atoms with Crippen LogP contribution in [0.2, 0.25) is 0 Å². The maximum atomic E-state index is 14.1. The third-order valence-electron chi connectivity index (χ3n) is 6.30. The van der Waals surface area contributed by atoms with Gasteiger partial charge in [-0.05, 0) is 37.5 Å². The number of ether oxygens (including phenoxy) is 1. The zero-order valence-corrected chi connectivity index (χ0v) is 21.3. The fourth-order valence-corrected chi connectivity index (χ4v) is 4.49. The number of fused-ring (bicyclic) bond motifs is 3. The van der Waals surface area contributed by atoms with Crippen LogP contribution < -0.4 is 10.2 Å². The van der Waals surface area contributed by atoms with Crippen molar-refractivity contribution >= 4 is 29.2 Å². The summed E-state index contributed by atoms with van der Waals surface area (Å²) in [5.74, 6) is -0.128. The molecule has 3 aromatic heterocycles. The normalized spacial score (nSPS) is 19.1. The van der Waals surface area contributed by atoms with Gasteiger partial charge in [0.05, 0.1) is 23.3 Å². The number of amides is 1. The molecule has 2 bridgehead atoms. The standard InChI is InChI=1S/C24H27F3N6O2.CO2/c1-13-7-18-21(32-11-14-5-6-15(12-32)35-14)30-20(31-33(18)10-13)16-9-28-19(8-17(16)24(25,26)27)29-22(34)23(2,3)4;2-1-3/h7-10,14-15H,5-6,11-12H2,1-4H3,(H,28,29,34);. The van der Waals surface area contributed by atoms with Crippen molar-refractivity contribution in [3.05, 3.63) is 35.7 Å². The van der Waals surface area contributed by atoms with Crippen molar-refractivity contribution in [1.82, 2.24) is 19.6 Å². The van der Waals surface area contributed by atoms with Crippen LogP contribution in [0.3, 0.4) is 0 Å². The van der Waals surface area contributed by atoms with Crippen molar-refractivity contribution in [3.63, 3.8) is 0 Å². The van der Waals surface area contributed by atoms with Crippen LogP contribution >= 0.6 is 0 Å². The van der Waals surface area contributed by atoms with Crippen molar-refractivity contribution in [2.24, 2.45) is 5.41 Å². The number of nitrogens with one attached hydrogen (secondary N) is 1. The first-order valence-corrected chi connectivity index (χ1v) is 12.0. The molecule has 1 N–H and O–H groups in total. The van der Waals surface area contributed by atoms with Gasteiger partial charge in [-0.3, -0.25) is 4.79 Å². The van der Waals surface area contributed by atoms with Gasteiger partial charge in [0.1, 0.15) is 11.3 Å². The fraction of sp³-hybridized carbons (Fsp3) is 0.480. The van der Waals surface area contributed by atoms with E-state index in [1.807, 2.05) is 13.0 Å². The Morgan fingerprint density at radius 3 is 2.34 bits per heavy atom. The van der Waals surface area contributed by atoms with Crippen LogP contribution in [0.25, 0.3) is 16.9 Å². The van der Waals surface area contributed by atoms with E-state index in [0.717, 1.165) is 36.2 Å². The predicted molar refractivity (Wildman–Crippen MR) is 129 cm³/mol. The van der Waals surface area contributed by atoms with E-state index in [1.54, 1.807) is 31.5 Å². The monoisotopic (exact) mass is 532 g/mol. The second-order valence-electron chi connectivity index (χ2n) is 10.4. The third-order valence-corrected chi connectivity index (χ3v) is 6.30. The smallest absolute Gasteiger partial charge is 0.371 e. The van der Waals surface area contributed by atoms with Crippen molar-refractivity contribution in [1.29, 1.82) is 0 Å². The summed E-state index contributed by atoms with van der Waals surface area (Å²) >= 11 is 0. The van der Waals surface area contributed by atoms with Crippen molar-refractivity contribution < 1.29 is 32.3 Å². The van der Waals surface area contributed by atoms with E-state index in [0.29, 0.717) is 18.9 Å². The molecule has 5 heterocycles. The molecule has 2 saturated heterocycles. The molecular formula is C25H27F3N6O4. The predicted octanol–water partition coefficient (Wildman–Crippen LogP) is 3.89. The van der Waals surface area contributed by atoms with E-state index in [2.05, 4.69) is 25.3 Å². The lowest BCUT2D eigenvalue weighted by atomic mass is 9.96. The van der Waals surface area contributed by atoms with Gasteiger partial charge in [-0.1, -0.05) is 20.8 Å². The van der Waals surface area contributed by atoms with Gasteiger partial charge in [-0.25, -0.2) is 14.5 Å². The van der Waals surface area contributed by atoms with Crippen molar-refractivity contribution in [3.8, 4) is 11.4 Å². The number of aromatic nitrogens is 4. The molecule has 5 rings (SSSR count). The highest BCUT2D eigenvalue weighted by atomic mass is 19.4. The summed E-state index contributed by atoms with van der Waals surface area (Å²) in [5.41, 5.74) is -0.359. The number of morpholine rings is 1. The minimum Gasteiger partial charge on any atom is -0.371 e. The average molecular weight is 533 g/mol. The van der Waals surface area contributed by atoms with E-state index < -0.39 is 23.1 Å². The van der Waals surface area contributed by atoms with Crippen molar-refractivity contribution in [2.75, 3.05) is 23.3 Å². The number of aryl methyl sites for hydroxylation is 1. The van der Waals surface area contributed by atoms with Gasteiger partial charge in [0.2, 0.25) is 5.91 Å². The molecule has 0 radical (unpaired) electrons. The number of carbonyl (C=O) groups is 1. The highest BCUT2D eigenvalue weighted by Gasteiger charge is 2.38. The zero-order chi connectivity index (χ0) is 27.8. The second-order valence-corrected chi connectivity index (χ2v) is 10.4. The summed E-state index contributed by atoms with van der Waals surface area (Å²) in [6.45, 7) is 8.15. The number of rotatable bonds is 3. The number of pyridine rings is 1. The molecule has 2 aliphatic rings. The van der Waals surface area contributed by atoms with Gasteiger partial charge in [0.25, 0.3) is 0 Å². The number of carbonyl (C=O) groups excluding carboxylic acids is 3. The lowest BCUT2D eigenvalue weighted by molar-refractivity contribution is -0.191. The topological polar surface area (TPSA) is 119 Å². The lowest BCUT2D eigenvalue weighted by Crippen LogP contribution is -2.43. The SMILES string of the molecule is Cc1cc2c(N3CC4CCC(C3)O4)nc(-c3cnc(NC(=O)C(C)(C)C)cc3C(F)(F)F)nn2c1.O=C=O. The second kappa shape index (κ2) is 10.1. The molecule has 2 aliphatic heterocycles. The Labute approximate surface area is 216 Å². The van der Waals surface area contributed by atoms with Crippen LogP contribution in [-0.2, 0) is 25.3 Å². The summed E-state index contributed by atoms with van der Waals surface area (Å²) in [6, 6.07) is 2.76. The number of alkyl halides is 3. The number of anilines is 2. The molecule has 2 atom stereocenters. The van der Waals surface area contributed by atoms with E-state index >= 15 is 0 Å². The van der Waals surface area contributed by atoms with E-state index in [9.17, 15) is 18.0 Å². The average Bonchev–Trinajstić information content (AvgIpc) is 3.37. The van der Waals surface area contributed by atoms with Gasteiger partial charge < -0.3 is 15.0 Å². The Hall–Kier alpha value is -3.83. The van der Waals surface area contributed by atoms with Crippen LogP contribution in [0.4, 0.5) is 24.8 Å². The van der Waals surface area contributed by atoms with Crippen molar-refractivity contribution in [2.45, 2.75) is 58.9 Å². The van der Waals surface area contributed by atoms with Crippen LogP contribution in [0.5, 0.6) is 0 Å². The Bertz CT molecular complexity index is 1380.